The van der Waals surface area contributed by atoms with Gasteiger partial charge in [-0.3, -0.25) is 9.36 Å². The number of carbonyl (C=O) groups is 1. The first kappa shape index (κ1) is 28.8. The Labute approximate surface area is 246 Å². The Morgan fingerprint density at radius 2 is 1.95 bits per heavy atom. The molecule has 0 aliphatic carbocycles. The van der Waals surface area contributed by atoms with E-state index >= 15 is 0 Å². The van der Waals surface area contributed by atoms with Crippen molar-refractivity contribution in [1.29, 1.82) is 5.26 Å². The van der Waals surface area contributed by atoms with Crippen molar-refractivity contribution < 1.29 is 19.0 Å². The number of ether oxygens (including phenoxy) is 3. The number of thiazole rings is 1. The van der Waals surface area contributed by atoms with Crippen LogP contribution in [0.15, 0.2) is 66.4 Å². The highest BCUT2D eigenvalue weighted by molar-refractivity contribution is 9.11. The highest BCUT2D eigenvalue weighted by Crippen LogP contribution is 2.37. The fourth-order valence-electron chi connectivity index (χ4n) is 4.21. The molecule has 0 radical (unpaired) electrons. The van der Waals surface area contributed by atoms with Crippen molar-refractivity contribution in [3.63, 3.8) is 0 Å². The molecule has 0 saturated carbocycles. The zero-order valence-corrected chi connectivity index (χ0v) is 25.6. The molecule has 1 aromatic heterocycles. The fraction of sp³-hybridized carbons (Fsp3) is 0.286. The molecule has 0 saturated heterocycles. The lowest BCUT2D eigenvalue weighted by atomic mass is 9.95. The number of halogens is 2. The predicted octanol–water partition coefficient (Wildman–Crippen LogP) is 5.01. The normalized spacial score (nSPS) is 15.0. The van der Waals surface area contributed by atoms with Gasteiger partial charge in [0.15, 0.2) is 11.4 Å². The third-order valence-electron chi connectivity index (χ3n) is 5.69. The maximum Gasteiger partial charge on any atom is 0.338 e. The van der Waals surface area contributed by atoms with E-state index in [-0.39, 0.29) is 24.9 Å². The Morgan fingerprint density at radius 1 is 1.26 bits per heavy atom. The van der Waals surface area contributed by atoms with Gasteiger partial charge in [-0.1, -0.05) is 29.5 Å². The maximum absolute atomic E-state index is 13.9. The van der Waals surface area contributed by atoms with E-state index in [9.17, 15) is 9.59 Å². The van der Waals surface area contributed by atoms with Gasteiger partial charge < -0.3 is 14.2 Å². The first-order chi connectivity index (χ1) is 18.7. The second-order valence-corrected chi connectivity index (χ2v) is 11.5. The van der Waals surface area contributed by atoms with Crippen molar-refractivity contribution in [2.45, 2.75) is 39.8 Å². The van der Waals surface area contributed by atoms with E-state index in [4.69, 9.17) is 19.5 Å². The molecule has 1 aliphatic heterocycles. The van der Waals surface area contributed by atoms with Crippen LogP contribution in [0.25, 0.3) is 6.08 Å². The second kappa shape index (κ2) is 12.3. The minimum Gasteiger partial charge on any atom is -0.491 e. The number of allylic oxidation sites excluding steroid dienone is 1. The van der Waals surface area contributed by atoms with Gasteiger partial charge in [0.2, 0.25) is 0 Å². The summed E-state index contributed by atoms with van der Waals surface area (Å²) >= 11 is 8.18. The molecule has 3 aromatic rings. The van der Waals surface area contributed by atoms with E-state index in [1.54, 1.807) is 32.1 Å². The van der Waals surface area contributed by atoms with Gasteiger partial charge in [0.25, 0.3) is 5.56 Å². The first-order valence-electron chi connectivity index (χ1n) is 12.1. The zero-order chi connectivity index (χ0) is 28.3. The molecule has 2 aromatic carbocycles. The summed E-state index contributed by atoms with van der Waals surface area (Å²) in [7, 11) is 0. The smallest absolute Gasteiger partial charge is 0.338 e. The summed E-state index contributed by atoms with van der Waals surface area (Å²) in [6, 6.07) is 12.1. The van der Waals surface area contributed by atoms with E-state index in [2.05, 4.69) is 36.9 Å². The lowest BCUT2D eigenvalue weighted by Gasteiger charge is -2.26. The van der Waals surface area contributed by atoms with E-state index in [0.29, 0.717) is 46.6 Å². The van der Waals surface area contributed by atoms with Gasteiger partial charge >= 0.3 is 5.97 Å². The van der Waals surface area contributed by atoms with Crippen LogP contribution in [0.4, 0.5) is 0 Å². The van der Waals surface area contributed by atoms with Crippen molar-refractivity contribution in [2.75, 3.05) is 13.2 Å². The van der Waals surface area contributed by atoms with Crippen LogP contribution in [0.1, 0.15) is 44.9 Å². The van der Waals surface area contributed by atoms with Gasteiger partial charge in [0.05, 0.1) is 37.5 Å². The van der Waals surface area contributed by atoms with Gasteiger partial charge in [0, 0.05) is 5.56 Å². The number of carbonyl (C=O) groups excluding carboxylic acids is 1. The monoisotopic (exact) mass is 673 g/mol. The molecule has 0 N–H and O–H groups in total. The molecule has 0 unspecified atom stereocenters. The van der Waals surface area contributed by atoms with Crippen LogP contribution in [-0.2, 0) is 9.53 Å². The van der Waals surface area contributed by atoms with Crippen LogP contribution in [0.5, 0.6) is 11.5 Å². The molecule has 2 heterocycles. The zero-order valence-electron chi connectivity index (χ0n) is 21.7. The summed E-state index contributed by atoms with van der Waals surface area (Å²) in [4.78, 5) is 32.2. The lowest BCUT2D eigenvalue weighted by Crippen LogP contribution is -2.40. The number of esters is 1. The van der Waals surface area contributed by atoms with Crippen molar-refractivity contribution >= 4 is 55.2 Å². The van der Waals surface area contributed by atoms with Gasteiger partial charge in [-0.15, -0.1) is 0 Å². The summed E-state index contributed by atoms with van der Waals surface area (Å²) in [6.45, 7) is 7.41. The number of hydrogen-bond donors (Lipinski definition) is 0. The SMILES string of the molecule is CCOC(=O)C1=C(C)N=c2s/c(=C/c3cc(Br)c(OCC#N)c(Br)c3)c(=O)n2[C@@H]1c1ccccc1OC(C)C. The third-order valence-corrected chi connectivity index (χ3v) is 7.85. The van der Waals surface area contributed by atoms with E-state index in [1.807, 2.05) is 44.2 Å². The van der Waals surface area contributed by atoms with E-state index in [1.165, 1.54) is 15.9 Å². The van der Waals surface area contributed by atoms with Crippen LogP contribution in [0, 0.1) is 11.3 Å². The number of fused-ring (bicyclic) bond motifs is 1. The summed E-state index contributed by atoms with van der Waals surface area (Å²) in [5.41, 5.74) is 1.87. The van der Waals surface area contributed by atoms with Crippen molar-refractivity contribution in [3.05, 3.63) is 87.4 Å². The molecule has 11 heteroatoms. The summed E-state index contributed by atoms with van der Waals surface area (Å²) in [5, 5.41) is 8.84. The molecule has 0 bridgehead atoms. The average molecular weight is 675 g/mol. The summed E-state index contributed by atoms with van der Waals surface area (Å²) < 4.78 is 20.2. The molecule has 0 amide bonds. The Hall–Kier alpha value is -3.20. The van der Waals surface area contributed by atoms with Crippen LogP contribution >= 0.6 is 43.2 Å². The number of hydrogen-bond acceptors (Lipinski definition) is 8. The standard InChI is InChI=1S/C28H25Br2N3O5S/c1-5-36-27(35)23-16(4)32-28-33(24(23)18-8-6-7-9-21(18)38-15(2)3)26(34)22(39-28)14-17-12-19(29)25(20(30)13-17)37-11-10-31/h6-9,12-15,24H,5,11H2,1-4H3/b22-14+/t24-/m1/s1. The number of nitriles is 1. The van der Waals surface area contributed by atoms with Crippen molar-refractivity contribution in [1.82, 2.24) is 4.57 Å². The molecule has 8 nitrogen and oxygen atoms in total. The second-order valence-electron chi connectivity index (χ2n) is 8.77. The van der Waals surface area contributed by atoms with Crippen molar-refractivity contribution in [3.8, 4) is 17.6 Å². The Morgan fingerprint density at radius 3 is 2.59 bits per heavy atom. The Bertz CT molecular complexity index is 1660. The van der Waals surface area contributed by atoms with E-state index in [0.717, 1.165) is 5.56 Å². The lowest BCUT2D eigenvalue weighted by molar-refractivity contribution is -0.139. The highest BCUT2D eigenvalue weighted by atomic mass is 79.9. The highest BCUT2D eigenvalue weighted by Gasteiger charge is 2.35. The number of benzene rings is 2. The number of aromatic nitrogens is 1. The van der Waals surface area contributed by atoms with Gasteiger partial charge in [0.1, 0.15) is 23.6 Å². The van der Waals surface area contributed by atoms with Crippen LogP contribution in [-0.4, -0.2) is 29.9 Å². The number of para-hydroxylation sites is 1. The Kier molecular flexibility index (Phi) is 9.10. The van der Waals surface area contributed by atoms with Crippen LogP contribution < -0.4 is 24.4 Å². The quantitative estimate of drug-likeness (QED) is 0.311. The van der Waals surface area contributed by atoms with Gasteiger partial charge in [-0.05, 0) is 89.4 Å². The number of nitrogens with zero attached hydrogens (tertiary/aromatic N) is 3. The molecular weight excluding hydrogens is 650 g/mol. The Balaban J connectivity index is 1.93. The molecule has 1 atom stereocenters. The molecule has 0 spiro atoms. The number of rotatable bonds is 8. The average Bonchev–Trinajstić information content (AvgIpc) is 3.17. The minimum atomic E-state index is -0.780. The topological polar surface area (TPSA) is 103 Å². The third kappa shape index (κ3) is 6.03. The molecular formula is C28H25Br2N3O5S. The molecule has 4 rings (SSSR count). The fourth-order valence-corrected chi connectivity index (χ4v) is 6.71. The maximum atomic E-state index is 13.9. The summed E-state index contributed by atoms with van der Waals surface area (Å²) in [6.07, 6.45) is 1.64. The predicted molar refractivity (Wildman–Crippen MR) is 156 cm³/mol. The molecule has 0 fully saturated rings. The molecule has 1 aliphatic rings. The van der Waals surface area contributed by atoms with Crippen LogP contribution in [0.2, 0.25) is 0 Å². The van der Waals surface area contributed by atoms with Gasteiger partial charge in [-0.2, -0.15) is 5.26 Å². The first-order valence-corrected chi connectivity index (χ1v) is 14.5. The summed E-state index contributed by atoms with van der Waals surface area (Å²) in [5.74, 6) is 0.536. The van der Waals surface area contributed by atoms with Crippen LogP contribution in [0.3, 0.4) is 0 Å². The van der Waals surface area contributed by atoms with E-state index < -0.39 is 12.0 Å². The molecule has 39 heavy (non-hydrogen) atoms. The van der Waals surface area contributed by atoms with Gasteiger partial charge in [-0.25, -0.2) is 9.79 Å². The minimum absolute atomic E-state index is 0.0979. The largest absolute Gasteiger partial charge is 0.491 e. The molecule has 202 valence electrons. The van der Waals surface area contributed by atoms with Crippen molar-refractivity contribution in [2.24, 2.45) is 4.99 Å².